The SMILES string of the molecule is CC(C)COC(=O)NC(C#N)C1CCCCC1. The number of carbonyl (C=O) groups is 1. The number of carbonyl (C=O) groups excluding carboxylic acids is 1. The highest BCUT2D eigenvalue weighted by atomic mass is 16.5. The third-order valence-electron chi connectivity index (χ3n) is 3.08. The molecule has 1 rings (SSSR count). The van der Waals surface area contributed by atoms with E-state index in [1.165, 1.54) is 6.42 Å². The fraction of sp³-hybridized carbons (Fsp3) is 0.846. The first-order chi connectivity index (χ1) is 8.13. The van der Waals surface area contributed by atoms with E-state index in [2.05, 4.69) is 11.4 Å². The normalized spacial score (nSPS) is 18.5. The summed E-state index contributed by atoms with van der Waals surface area (Å²) in [5.74, 6) is 0.608. The molecule has 0 aromatic rings. The summed E-state index contributed by atoms with van der Waals surface area (Å²) in [7, 11) is 0. The van der Waals surface area contributed by atoms with Crippen LogP contribution in [0.1, 0.15) is 46.0 Å². The number of nitriles is 1. The number of nitrogens with zero attached hydrogens (tertiary/aromatic N) is 1. The van der Waals surface area contributed by atoms with Crippen molar-refractivity contribution in [1.29, 1.82) is 5.26 Å². The van der Waals surface area contributed by atoms with E-state index in [1.807, 2.05) is 13.8 Å². The van der Waals surface area contributed by atoms with Gasteiger partial charge in [-0.15, -0.1) is 0 Å². The smallest absolute Gasteiger partial charge is 0.408 e. The molecule has 0 spiro atoms. The van der Waals surface area contributed by atoms with Crippen LogP contribution in [0.15, 0.2) is 0 Å². The number of ether oxygens (including phenoxy) is 1. The molecule has 96 valence electrons. The van der Waals surface area contributed by atoms with Crippen molar-refractivity contribution in [3.63, 3.8) is 0 Å². The first kappa shape index (κ1) is 13.8. The van der Waals surface area contributed by atoms with Crippen LogP contribution in [-0.2, 0) is 4.74 Å². The predicted molar refractivity (Wildman–Crippen MR) is 65.3 cm³/mol. The summed E-state index contributed by atoms with van der Waals surface area (Å²) in [5.41, 5.74) is 0. The molecular weight excluding hydrogens is 216 g/mol. The molecule has 0 heterocycles. The maximum atomic E-state index is 11.5. The van der Waals surface area contributed by atoms with Crippen LogP contribution in [0.5, 0.6) is 0 Å². The number of rotatable bonds is 4. The van der Waals surface area contributed by atoms with Crippen LogP contribution >= 0.6 is 0 Å². The molecule has 1 amide bonds. The van der Waals surface area contributed by atoms with Crippen LogP contribution in [0.4, 0.5) is 4.79 Å². The van der Waals surface area contributed by atoms with E-state index < -0.39 is 12.1 Å². The molecule has 4 nitrogen and oxygen atoms in total. The quantitative estimate of drug-likeness (QED) is 0.819. The Morgan fingerprint density at radius 1 is 1.41 bits per heavy atom. The van der Waals surface area contributed by atoms with Crippen LogP contribution in [-0.4, -0.2) is 18.7 Å². The van der Waals surface area contributed by atoms with Gasteiger partial charge in [-0.3, -0.25) is 0 Å². The van der Waals surface area contributed by atoms with Crippen molar-refractivity contribution in [3.8, 4) is 6.07 Å². The van der Waals surface area contributed by atoms with E-state index in [1.54, 1.807) is 0 Å². The molecular formula is C13H22N2O2. The Morgan fingerprint density at radius 3 is 2.59 bits per heavy atom. The van der Waals surface area contributed by atoms with Crippen molar-refractivity contribution in [3.05, 3.63) is 0 Å². The van der Waals surface area contributed by atoms with Gasteiger partial charge in [-0.1, -0.05) is 33.1 Å². The Hall–Kier alpha value is -1.24. The van der Waals surface area contributed by atoms with Crippen molar-refractivity contribution in [2.45, 2.75) is 52.0 Å². The van der Waals surface area contributed by atoms with Gasteiger partial charge in [0.15, 0.2) is 0 Å². The second-order valence-electron chi connectivity index (χ2n) is 5.14. The van der Waals surface area contributed by atoms with Gasteiger partial charge in [0, 0.05) is 0 Å². The molecule has 1 unspecified atom stereocenters. The zero-order valence-corrected chi connectivity index (χ0v) is 10.7. The zero-order chi connectivity index (χ0) is 12.7. The van der Waals surface area contributed by atoms with Gasteiger partial charge >= 0.3 is 6.09 Å². The Balaban J connectivity index is 2.35. The van der Waals surface area contributed by atoms with Crippen LogP contribution in [0, 0.1) is 23.2 Å². The second kappa shape index (κ2) is 7.16. The lowest BCUT2D eigenvalue weighted by atomic mass is 9.84. The van der Waals surface area contributed by atoms with E-state index in [-0.39, 0.29) is 0 Å². The zero-order valence-electron chi connectivity index (χ0n) is 10.7. The molecule has 0 aromatic heterocycles. The first-order valence-corrected chi connectivity index (χ1v) is 6.46. The van der Waals surface area contributed by atoms with Gasteiger partial charge in [0.25, 0.3) is 0 Å². The van der Waals surface area contributed by atoms with Crippen molar-refractivity contribution in [2.24, 2.45) is 11.8 Å². The Labute approximate surface area is 103 Å². The van der Waals surface area contributed by atoms with E-state index >= 15 is 0 Å². The molecule has 0 aromatic carbocycles. The van der Waals surface area contributed by atoms with E-state index in [0.717, 1.165) is 25.7 Å². The van der Waals surface area contributed by atoms with Gasteiger partial charge in [-0.25, -0.2) is 4.79 Å². The number of alkyl carbamates (subject to hydrolysis) is 1. The molecule has 0 aliphatic heterocycles. The third-order valence-corrected chi connectivity index (χ3v) is 3.08. The molecule has 0 bridgehead atoms. The first-order valence-electron chi connectivity index (χ1n) is 6.46. The van der Waals surface area contributed by atoms with Gasteiger partial charge in [0.2, 0.25) is 0 Å². The van der Waals surface area contributed by atoms with Gasteiger partial charge in [-0.05, 0) is 24.7 Å². The van der Waals surface area contributed by atoms with E-state index in [4.69, 9.17) is 10.00 Å². The summed E-state index contributed by atoms with van der Waals surface area (Å²) in [6.45, 7) is 4.36. The average Bonchev–Trinajstić information content (AvgIpc) is 2.34. The molecule has 1 aliphatic rings. The molecule has 17 heavy (non-hydrogen) atoms. The van der Waals surface area contributed by atoms with Gasteiger partial charge in [0.05, 0.1) is 12.7 Å². The monoisotopic (exact) mass is 238 g/mol. The van der Waals surface area contributed by atoms with E-state index in [0.29, 0.717) is 18.4 Å². The molecule has 1 aliphatic carbocycles. The Kier molecular flexibility index (Phi) is 5.82. The number of nitrogens with one attached hydrogen (secondary N) is 1. The summed E-state index contributed by atoms with van der Waals surface area (Å²) in [4.78, 5) is 11.5. The fourth-order valence-electron chi connectivity index (χ4n) is 2.13. The maximum Gasteiger partial charge on any atom is 0.408 e. The van der Waals surface area contributed by atoms with Crippen LogP contribution in [0.3, 0.4) is 0 Å². The Bertz CT molecular complexity index is 278. The van der Waals surface area contributed by atoms with Crippen LogP contribution < -0.4 is 5.32 Å². The average molecular weight is 238 g/mol. The molecule has 1 fully saturated rings. The van der Waals surface area contributed by atoms with Crippen molar-refractivity contribution in [2.75, 3.05) is 6.61 Å². The highest BCUT2D eigenvalue weighted by Crippen LogP contribution is 2.26. The third kappa shape index (κ3) is 5.08. The summed E-state index contributed by atoms with van der Waals surface area (Å²) in [6.07, 6.45) is 5.16. The molecule has 4 heteroatoms. The summed E-state index contributed by atoms with van der Waals surface area (Å²) < 4.78 is 5.03. The minimum absolute atomic E-state index is 0.292. The Morgan fingerprint density at radius 2 is 2.06 bits per heavy atom. The summed E-state index contributed by atoms with van der Waals surface area (Å²) in [6, 6.07) is 1.78. The lowest BCUT2D eigenvalue weighted by molar-refractivity contribution is 0.127. The lowest BCUT2D eigenvalue weighted by Gasteiger charge is -2.26. The number of hydrogen-bond donors (Lipinski definition) is 1. The topological polar surface area (TPSA) is 62.1 Å². The molecule has 1 saturated carbocycles. The molecule has 1 atom stereocenters. The van der Waals surface area contributed by atoms with Crippen LogP contribution in [0.25, 0.3) is 0 Å². The molecule has 0 saturated heterocycles. The van der Waals surface area contributed by atoms with E-state index in [9.17, 15) is 4.79 Å². The molecule has 0 radical (unpaired) electrons. The van der Waals surface area contributed by atoms with Gasteiger partial charge in [0.1, 0.15) is 6.04 Å². The predicted octanol–water partition coefficient (Wildman–Crippen LogP) is 2.84. The largest absolute Gasteiger partial charge is 0.449 e. The summed E-state index contributed by atoms with van der Waals surface area (Å²) >= 11 is 0. The van der Waals surface area contributed by atoms with Crippen molar-refractivity contribution >= 4 is 6.09 Å². The second-order valence-corrected chi connectivity index (χ2v) is 5.14. The van der Waals surface area contributed by atoms with Crippen LogP contribution in [0.2, 0.25) is 0 Å². The lowest BCUT2D eigenvalue weighted by Crippen LogP contribution is -2.40. The van der Waals surface area contributed by atoms with Gasteiger partial charge in [-0.2, -0.15) is 5.26 Å². The highest BCUT2D eigenvalue weighted by molar-refractivity contribution is 5.68. The molecule has 1 N–H and O–H groups in total. The number of amides is 1. The minimum Gasteiger partial charge on any atom is -0.449 e. The maximum absolute atomic E-state index is 11.5. The van der Waals surface area contributed by atoms with Gasteiger partial charge < -0.3 is 10.1 Å². The fourth-order valence-corrected chi connectivity index (χ4v) is 2.13. The highest BCUT2D eigenvalue weighted by Gasteiger charge is 2.25. The van der Waals surface area contributed by atoms with Crippen molar-refractivity contribution in [1.82, 2.24) is 5.32 Å². The minimum atomic E-state index is -0.462. The summed E-state index contributed by atoms with van der Waals surface area (Å²) in [5, 5.41) is 11.8. The standard InChI is InChI=1S/C13H22N2O2/c1-10(2)9-17-13(16)15-12(8-14)11-6-4-3-5-7-11/h10-12H,3-7,9H2,1-2H3,(H,15,16). The number of hydrogen-bond acceptors (Lipinski definition) is 3. The van der Waals surface area contributed by atoms with Crippen molar-refractivity contribution < 1.29 is 9.53 Å².